The molecular weight excluding hydrogens is 358 g/mol. The van der Waals surface area contributed by atoms with Gasteiger partial charge in [-0.1, -0.05) is 43.7 Å². The third-order valence-electron chi connectivity index (χ3n) is 3.93. The molecule has 5 nitrogen and oxygen atoms in total. The molecule has 0 unspecified atom stereocenters. The van der Waals surface area contributed by atoms with Gasteiger partial charge in [0.15, 0.2) is 5.13 Å². The largest absolute Gasteiger partial charge is 0.326 e. The number of amides is 2. The van der Waals surface area contributed by atoms with Crippen LogP contribution in [0.25, 0.3) is 0 Å². The fraction of sp³-hybridized carbons (Fsp3) is 0.190. The van der Waals surface area contributed by atoms with Crippen LogP contribution in [0, 0.1) is 0 Å². The van der Waals surface area contributed by atoms with Crippen LogP contribution in [0.1, 0.15) is 35.0 Å². The molecule has 0 saturated carbocycles. The number of hydrogen-bond acceptors (Lipinski definition) is 4. The van der Waals surface area contributed by atoms with E-state index in [2.05, 4.69) is 22.5 Å². The van der Waals surface area contributed by atoms with Gasteiger partial charge in [0.05, 0.1) is 12.1 Å². The highest BCUT2D eigenvalue weighted by Crippen LogP contribution is 2.18. The van der Waals surface area contributed by atoms with E-state index in [4.69, 9.17) is 0 Å². The summed E-state index contributed by atoms with van der Waals surface area (Å²) in [6.07, 6.45) is 2.29. The van der Waals surface area contributed by atoms with Crippen molar-refractivity contribution in [1.29, 1.82) is 0 Å². The van der Waals surface area contributed by atoms with Crippen LogP contribution in [0.5, 0.6) is 0 Å². The molecular formula is C21H21N3O2S. The normalized spacial score (nSPS) is 10.4. The Morgan fingerprint density at radius 1 is 1.00 bits per heavy atom. The molecule has 3 rings (SSSR count). The zero-order chi connectivity index (χ0) is 19.1. The summed E-state index contributed by atoms with van der Waals surface area (Å²) in [7, 11) is 0. The summed E-state index contributed by atoms with van der Waals surface area (Å²) in [6, 6.07) is 16.8. The number of anilines is 2. The number of nitrogens with zero attached hydrogens (tertiary/aromatic N) is 1. The molecule has 0 radical (unpaired) electrons. The number of aryl methyl sites for hydroxylation is 1. The molecule has 0 aliphatic carbocycles. The number of hydrogen-bond donors (Lipinski definition) is 2. The Kier molecular flexibility index (Phi) is 6.33. The standard InChI is InChI=1S/C21H21N3O2S/c1-2-6-15-9-11-17(12-10-15)22-19(25)13-18-14-27-21(23-18)24-20(26)16-7-4-3-5-8-16/h3-5,7-12,14H,2,6,13H2,1H3,(H,22,25)(H,23,24,26). The van der Waals surface area contributed by atoms with Crippen LogP contribution in [0.4, 0.5) is 10.8 Å². The van der Waals surface area contributed by atoms with Crippen molar-refractivity contribution in [2.24, 2.45) is 0 Å². The molecule has 2 amide bonds. The second-order valence-electron chi connectivity index (χ2n) is 6.14. The molecule has 0 aliphatic heterocycles. The van der Waals surface area contributed by atoms with Crippen molar-refractivity contribution in [2.75, 3.05) is 10.6 Å². The van der Waals surface area contributed by atoms with E-state index in [-0.39, 0.29) is 18.2 Å². The van der Waals surface area contributed by atoms with Crippen LogP contribution < -0.4 is 10.6 Å². The minimum absolute atomic E-state index is 0.135. The minimum Gasteiger partial charge on any atom is -0.326 e. The van der Waals surface area contributed by atoms with Crippen LogP contribution in [0.15, 0.2) is 60.0 Å². The van der Waals surface area contributed by atoms with Crippen molar-refractivity contribution in [3.8, 4) is 0 Å². The van der Waals surface area contributed by atoms with E-state index in [1.807, 2.05) is 30.3 Å². The number of carbonyl (C=O) groups excluding carboxylic acids is 2. The topological polar surface area (TPSA) is 71.1 Å². The van der Waals surface area contributed by atoms with Crippen LogP contribution in [-0.2, 0) is 17.6 Å². The SMILES string of the molecule is CCCc1ccc(NC(=O)Cc2csc(NC(=O)c3ccccc3)n2)cc1. The van der Waals surface area contributed by atoms with E-state index in [0.717, 1.165) is 18.5 Å². The molecule has 6 heteroatoms. The molecule has 2 N–H and O–H groups in total. The van der Waals surface area contributed by atoms with E-state index >= 15 is 0 Å². The lowest BCUT2D eigenvalue weighted by Crippen LogP contribution is -2.15. The maximum Gasteiger partial charge on any atom is 0.257 e. The van der Waals surface area contributed by atoms with Crippen molar-refractivity contribution >= 4 is 34.0 Å². The fourth-order valence-corrected chi connectivity index (χ4v) is 3.32. The van der Waals surface area contributed by atoms with E-state index < -0.39 is 0 Å². The Balaban J connectivity index is 1.54. The molecule has 0 spiro atoms. The quantitative estimate of drug-likeness (QED) is 0.634. The van der Waals surface area contributed by atoms with Gasteiger partial charge in [0.1, 0.15) is 0 Å². The Hall–Kier alpha value is -2.99. The molecule has 0 atom stereocenters. The van der Waals surface area contributed by atoms with Gasteiger partial charge in [0.25, 0.3) is 5.91 Å². The lowest BCUT2D eigenvalue weighted by atomic mass is 10.1. The number of aromatic nitrogens is 1. The average molecular weight is 379 g/mol. The van der Waals surface area contributed by atoms with Gasteiger partial charge in [0.2, 0.25) is 5.91 Å². The van der Waals surface area contributed by atoms with Crippen LogP contribution >= 0.6 is 11.3 Å². The molecule has 0 fully saturated rings. The highest BCUT2D eigenvalue weighted by Gasteiger charge is 2.11. The van der Waals surface area contributed by atoms with Crippen LogP contribution in [0.2, 0.25) is 0 Å². The third-order valence-corrected chi connectivity index (χ3v) is 4.73. The summed E-state index contributed by atoms with van der Waals surface area (Å²) in [6.45, 7) is 2.14. The smallest absolute Gasteiger partial charge is 0.257 e. The van der Waals surface area contributed by atoms with E-state index in [0.29, 0.717) is 16.4 Å². The summed E-state index contributed by atoms with van der Waals surface area (Å²) < 4.78 is 0. The van der Waals surface area contributed by atoms with Gasteiger partial charge in [-0.3, -0.25) is 14.9 Å². The number of benzene rings is 2. The maximum absolute atomic E-state index is 12.2. The summed E-state index contributed by atoms with van der Waals surface area (Å²) in [5, 5.41) is 7.89. The maximum atomic E-state index is 12.2. The molecule has 0 aliphatic rings. The average Bonchev–Trinajstić information content (AvgIpc) is 3.11. The molecule has 27 heavy (non-hydrogen) atoms. The van der Waals surface area contributed by atoms with Crippen LogP contribution in [0.3, 0.4) is 0 Å². The first-order valence-electron chi connectivity index (χ1n) is 8.83. The molecule has 138 valence electrons. The second kappa shape index (κ2) is 9.09. The molecule has 3 aromatic rings. The summed E-state index contributed by atoms with van der Waals surface area (Å²) in [5.41, 5.74) is 3.23. The lowest BCUT2D eigenvalue weighted by Gasteiger charge is -2.05. The Morgan fingerprint density at radius 3 is 2.44 bits per heavy atom. The van der Waals surface area contributed by atoms with Gasteiger partial charge in [-0.25, -0.2) is 4.98 Å². The van der Waals surface area contributed by atoms with Crippen molar-refractivity contribution in [3.63, 3.8) is 0 Å². The summed E-state index contributed by atoms with van der Waals surface area (Å²) in [5.74, 6) is -0.349. The van der Waals surface area contributed by atoms with Gasteiger partial charge in [-0.2, -0.15) is 0 Å². The molecule has 0 bridgehead atoms. The number of rotatable bonds is 7. The predicted octanol–water partition coefficient (Wildman–Crippen LogP) is 4.53. The number of nitrogens with one attached hydrogen (secondary N) is 2. The molecule has 1 aromatic heterocycles. The van der Waals surface area contributed by atoms with Crippen LogP contribution in [-0.4, -0.2) is 16.8 Å². The Labute approximate surface area is 162 Å². The zero-order valence-corrected chi connectivity index (χ0v) is 15.9. The minimum atomic E-state index is -0.215. The van der Waals surface area contributed by atoms with Gasteiger partial charge in [0, 0.05) is 16.6 Å². The third kappa shape index (κ3) is 5.49. The first kappa shape index (κ1) is 18.8. The van der Waals surface area contributed by atoms with E-state index in [9.17, 15) is 9.59 Å². The van der Waals surface area contributed by atoms with Crippen molar-refractivity contribution in [2.45, 2.75) is 26.2 Å². The zero-order valence-electron chi connectivity index (χ0n) is 15.1. The monoisotopic (exact) mass is 379 g/mol. The molecule has 0 saturated heterocycles. The summed E-state index contributed by atoms with van der Waals surface area (Å²) in [4.78, 5) is 28.7. The highest BCUT2D eigenvalue weighted by molar-refractivity contribution is 7.14. The predicted molar refractivity (Wildman–Crippen MR) is 109 cm³/mol. The second-order valence-corrected chi connectivity index (χ2v) is 6.99. The molecule has 1 heterocycles. The van der Waals surface area contributed by atoms with Gasteiger partial charge in [-0.05, 0) is 36.2 Å². The van der Waals surface area contributed by atoms with Crippen molar-refractivity contribution in [1.82, 2.24) is 4.98 Å². The first-order valence-corrected chi connectivity index (χ1v) is 9.71. The number of thiazole rings is 1. The first-order chi connectivity index (χ1) is 13.1. The lowest BCUT2D eigenvalue weighted by molar-refractivity contribution is -0.115. The number of carbonyl (C=O) groups is 2. The highest BCUT2D eigenvalue weighted by atomic mass is 32.1. The fourth-order valence-electron chi connectivity index (χ4n) is 2.62. The molecule has 2 aromatic carbocycles. The van der Waals surface area contributed by atoms with Gasteiger partial charge in [-0.15, -0.1) is 11.3 Å². The van der Waals surface area contributed by atoms with Gasteiger partial charge >= 0.3 is 0 Å². The Bertz CT molecular complexity index is 905. The van der Waals surface area contributed by atoms with Gasteiger partial charge < -0.3 is 5.32 Å². The van der Waals surface area contributed by atoms with Crippen molar-refractivity contribution < 1.29 is 9.59 Å². The van der Waals surface area contributed by atoms with Crippen molar-refractivity contribution in [3.05, 3.63) is 76.8 Å². The summed E-state index contributed by atoms with van der Waals surface area (Å²) >= 11 is 1.31. The Morgan fingerprint density at radius 2 is 1.74 bits per heavy atom. The van der Waals surface area contributed by atoms with E-state index in [1.165, 1.54) is 16.9 Å². The van der Waals surface area contributed by atoms with E-state index in [1.54, 1.807) is 29.6 Å².